The molecule has 0 aliphatic rings. The second-order valence-corrected chi connectivity index (χ2v) is 5.05. The highest BCUT2D eigenvalue weighted by Gasteiger charge is 2.31. The highest BCUT2D eigenvalue weighted by Crippen LogP contribution is 2.35. The summed E-state index contributed by atoms with van der Waals surface area (Å²) in [6.45, 7) is 0. The maximum Gasteiger partial charge on any atom is 0.416 e. The Balaban J connectivity index is 2.54. The van der Waals surface area contributed by atoms with E-state index in [-0.39, 0.29) is 16.7 Å². The number of carboxylic acids is 1. The Kier molecular flexibility index (Phi) is 4.92. The van der Waals surface area contributed by atoms with Gasteiger partial charge in [-0.1, -0.05) is 18.2 Å². The summed E-state index contributed by atoms with van der Waals surface area (Å²) >= 11 is 0. The number of hydrogen-bond acceptors (Lipinski definition) is 1. The molecule has 2 aromatic rings. The first-order valence-electron chi connectivity index (χ1n) is 6.78. The summed E-state index contributed by atoms with van der Waals surface area (Å²) in [6.07, 6.45) is -7.55. The minimum Gasteiger partial charge on any atom is -0.478 e. The Morgan fingerprint density at radius 3 is 1.84 bits per heavy atom. The molecule has 0 saturated carbocycles. The van der Waals surface area contributed by atoms with Crippen LogP contribution in [0.4, 0.5) is 26.3 Å². The average Bonchev–Trinajstić information content (AvgIpc) is 2.51. The molecule has 0 bridgehead atoms. The first-order chi connectivity index (χ1) is 11.5. The fraction of sp³-hybridized carbons (Fsp3) is 0.118. The van der Waals surface area contributed by atoms with Crippen LogP contribution >= 0.6 is 0 Å². The molecule has 2 aromatic carbocycles. The van der Waals surface area contributed by atoms with Crippen molar-refractivity contribution in [2.24, 2.45) is 0 Å². The van der Waals surface area contributed by atoms with E-state index in [2.05, 4.69) is 0 Å². The lowest BCUT2D eigenvalue weighted by Crippen LogP contribution is -2.06. The van der Waals surface area contributed by atoms with Gasteiger partial charge in [-0.05, 0) is 47.0 Å². The Morgan fingerprint density at radius 2 is 1.36 bits per heavy atom. The number of hydrogen-bond donors (Lipinski definition) is 1. The SMILES string of the molecule is O=C(O)/C=C/c1cc(C(F)(F)F)ccc1-c1ccc(C(F)(F)F)cc1. The number of aliphatic carboxylic acids is 1. The van der Waals surface area contributed by atoms with Crippen molar-refractivity contribution < 1.29 is 36.2 Å². The van der Waals surface area contributed by atoms with E-state index in [1.54, 1.807) is 0 Å². The summed E-state index contributed by atoms with van der Waals surface area (Å²) in [5.41, 5.74) is -1.55. The number of carbonyl (C=O) groups is 1. The van der Waals surface area contributed by atoms with Gasteiger partial charge in [-0.25, -0.2) is 4.79 Å². The van der Waals surface area contributed by atoms with E-state index in [1.165, 1.54) is 0 Å². The standard InChI is InChI=1S/C17H10F6O2/c18-16(19,20)12-4-1-10(2-5-12)14-7-6-13(17(21,22)23)9-11(14)3-8-15(24)25/h1-9H,(H,24,25)/b8-3+. The van der Waals surface area contributed by atoms with Gasteiger partial charge in [0, 0.05) is 6.08 Å². The van der Waals surface area contributed by atoms with E-state index in [9.17, 15) is 31.1 Å². The number of halogens is 6. The molecule has 0 fully saturated rings. The van der Waals surface area contributed by atoms with Gasteiger partial charge in [0.25, 0.3) is 0 Å². The molecule has 0 heterocycles. The van der Waals surface area contributed by atoms with E-state index in [0.29, 0.717) is 6.08 Å². The molecule has 1 N–H and O–H groups in total. The normalized spacial score (nSPS) is 12.6. The fourth-order valence-electron chi connectivity index (χ4n) is 2.14. The maximum absolute atomic E-state index is 12.8. The van der Waals surface area contributed by atoms with Gasteiger partial charge in [-0.2, -0.15) is 26.3 Å². The van der Waals surface area contributed by atoms with Crippen molar-refractivity contribution in [2.75, 3.05) is 0 Å². The van der Waals surface area contributed by atoms with Crippen LogP contribution in [0.2, 0.25) is 0 Å². The van der Waals surface area contributed by atoms with Crippen LogP contribution < -0.4 is 0 Å². The van der Waals surface area contributed by atoms with Crippen LogP contribution in [-0.2, 0) is 17.1 Å². The van der Waals surface area contributed by atoms with Gasteiger partial charge in [0.2, 0.25) is 0 Å². The van der Waals surface area contributed by atoms with Crippen molar-refractivity contribution in [3.8, 4) is 11.1 Å². The first-order valence-corrected chi connectivity index (χ1v) is 6.78. The molecule has 0 aromatic heterocycles. The largest absolute Gasteiger partial charge is 0.478 e. The van der Waals surface area contributed by atoms with E-state index >= 15 is 0 Å². The smallest absolute Gasteiger partial charge is 0.416 e. The van der Waals surface area contributed by atoms with Crippen LogP contribution in [0.25, 0.3) is 17.2 Å². The summed E-state index contributed by atoms with van der Waals surface area (Å²) in [7, 11) is 0. The van der Waals surface area contributed by atoms with Crippen molar-refractivity contribution in [2.45, 2.75) is 12.4 Å². The second kappa shape index (κ2) is 6.62. The molecular weight excluding hydrogens is 350 g/mol. The Labute approximate surface area is 138 Å². The summed E-state index contributed by atoms with van der Waals surface area (Å²) in [5, 5.41) is 8.66. The van der Waals surface area contributed by atoms with Crippen molar-refractivity contribution in [1.82, 2.24) is 0 Å². The van der Waals surface area contributed by atoms with Gasteiger partial charge in [0.15, 0.2) is 0 Å². The molecular formula is C17H10F6O2. The predicted octanol–water partition coefficient (Wildman–Crippen LogP) is 5.49. The molecule has 2 nitrogen and oxygen atoms in total. The first kappa shape index (κ1) is 18.6. The molecule has 0 radical (unpaired) electrons. The molecule has 0 amide bonds. The highest BCUT2D eigenvalue weighted by molar-refractivity contribution is 5.88. The molecule has 2 rings (SSSR count). The molecule has 25 heavy (non-hydrogen) atoms. The zero-order valence-corrected chi connectivity index (χ0v) is 12.3. The van der Waals surface area contributed by atoms with E-state index in [0.717, 1.165) is 48.5 Å². The monoisotopic (exact) mass is 360 g/mol. The van der Waals surface area contributed by atoms with Crippen molar-refractivity contribution in [1.29, 1.82) is 0 Å². The van der Waals surface area contributed by atoms with Crippen molar-refractivity contribution >= 4 is 12.0 Å². The third-order valence-corrected chi connectivity index (χ3v) is 3.31. The quantitative estimate of drug-likeness (QED) is 0.581. The summed E-state index contributed by atoms with van der Waals surface area (Å²) < 4.78 is 76.2. The molecule has 0 spiro atoms. The van der Waals surface area contributed by atoms with Gasteiger partial charge >= 0.3 is 18.3 Å². The lowest BCUT2D eigenvalue weighted by molar-refractivity contribution is -0.138. The minimum absolute atomic E-state index is 0.0722. The van der Waals surface area contributed by atoms with Crippen LogP contribution in [0.5, 0.6) is 0 Å². The van der Waals surface area contributed by atoms with Crippen LogP contribution in [0.3, 0.4) is 0 Å². The van der Waals surface area contributed by atoms with E-state index < -0.39 is 29.4 Å². The molecule has 0 saturated heterocycles. The third-order valence-electron chi connectivity index (χ3n) is 3.31. The Hall–Kier alpha value is -2.77. The number of benzene rings is 2. The molecule has 8 heteroatoms. The van der Waals surface area contributed by atoms with Crippen LogP contribution in [0.15, 0.2) is 48.5 Å². The Bertz CT molecular complexity index is 801. The highest BCUT2D eigenvalue weighted by atomic mass is 19.4. The molecule has 0 aliphatic heterocycles. The van der Waals surface area contributed by atoms with E-state index in [4.69, 9.17) is 5.11 Å². The lowest BCUT2D eigenvalue weighted by Gasteiger charge is -2.13. The van der Waals surface area contributed by atoms with Crippen LogP contribution in [-0.4, -0.2) is 11.1 Å². The zero-order chi connectivity index (χ0) is 18.8. The molecule has 0 atom stereocenters. The third kappa shape index (κ3) is 4.62. The second-order valence-electron chi connectivity index (χ2n) is 5.05. The summed E-state index contributed by atoms with van der Waals surface area (Å²) in [6, 6.07) is 6.45. The molecule has 0 unspecified atom stereocenters. The predicted molar refractivity (Wildman–Crippen MR) is 78.6 cm³/mol. The van der Waals surface area contributed by atoms with Gasteiger partial charge in [0.1, 0.15) is 0 Å². The van der Waals surface area contributed by atoms with Crippen LogP contribution in [0, 0.1) is 0 Å². The maximum atomic E-state index is 12.8. The van der Waals surface area contributed by atoms with Gasteiger partial charge < -0.3 is 5.11 Å². The minimum atomic E-state index is -4.63. The molecule has 0 aliphatic carbocycles. The number of carboxylic acid groups (broad SMARTS) is 1. The summed E-state index contributed by atoms with van der Waals surface area (Å²) in [4.78, 5) is 10.6. The van der Waals surface area contributed by atoms with Crippen molar-refractivity contribution in [3.05, 3.63) is 65.2 Å². The number of alkyl halides is 6. The fourth-order valence-corrected chi connectivity index (χ4v) is 2.14. The van der Waals surface area contributed by atoms with Gasteiger partial charge in [-0.15, -0.1) is 0 Å². The summed E-state index contributed by atoms with van der Waals surface area (Å²) in [5.74, 6) is -1.37. The van der Waals surface area contributed by atoms with Gasteiger partial charge in [0.05, 0.1) is 11.1 Å². The van der Waals surface area contributed by atoms with E-state index in [1.807, 2.05) is 0 Å². The van der Waals surface area contributed by atoms with Gasteiger partial charge in [-0.3, -0.25) is 0 Å². The zero-order valence-electron chi connectivity index (χ0n) is 12.3. The lowest BCUT2D eigenvalue weighted by atomic mass is 9.96. The number of rotatable bonds is 3. The van der Waals surface area contributed by atoms with Crippen LogP contribution in [0.1, 0.15) is 16.7 Å². The molecule has 132 valence electrons. The van der Waals surface area contributed by atoms with Crippen molar-refractivity contribution in [3.63, 3.8) is 0 Å². The Morgan fingerprint density at radius 1 is 0.840 bits per heavy atom. The topological polar surface area (TPSA) is 37.3 Å². The average molecular weight is 360 g/mol.